The van der Waals surface area contributed by atoms with Crippen LogP contribution in [-0.2, 0) is 11.2 Å². The summed E-state index contributed by atoms with van der Waals surface area (Å²) >= 11 is 0. The number of carbonyl (C=O) groups excluding carboxylic acids is 1. The maximum atomic E-state index is 12.5. The van der Waals surface area contributed by atoms with E-state index >= 15 is 0 Å². The molecule has 0 saturated heterocycles. The number of hydrogen-bond acceptors (Lipinski definition) is 5. The molecule has 0 amide bonds. The zero-order valence-electron chi connectivity index (χ0n) is 14.7. The molecular weight excluding hydrogens is 332 g/mol. The van der Waals surface area contributed by atoms with Crippen molar-refractivity contribution >= 4 is 16.9 Å². The summed E-state index contributed by atoms with van der Waals surface area (Å²) in [4.78, 5) is 24.2. The smallest absolute Gasteiger partial charge is 0.338 e. The second-order valence-electron chi connectivity index (χ2n) is 5.96. The van der Waals surface area contributed by atoms with Crippen LogP contribution in [0.2, 0.25) is 0 Å². The molecule has 134 valence electrons. The molecule has 0 aliphatic rings. The van der Waals surface area contributed by atoms with E-state index in [1.807, 2.05) is 6.92 Å². The number of phenols is 1. The fraction of sp³-hybridized carbons (Fsp3) is 0.238. The first-order chi connectivity index (χ1) is 12.5. The lowest BCUT2D eigenvalue weighted by molar-refractivity contribution is 0.0526. The quantitative estimate of drug-likeness (QED) is 0.693. The molecule has 2 aromatic carbocycles. The molecular formula is C21H20O5. The molecule has 3 aromatic rings. The number of hydrogen-bond donors (Lipinski definition) is 1. The van der Waals surface area contributed by atoms with E-state index in [1.54, 1.807) is 37.3 Å². The van der Waals surface area contributed by atoms with Gasteiger partial charge in [0.05, 0.1) is 17.6 Å². The van der Waals surface area contributed by atoms with Gasteiger partial charge in [-0.25, -0.2) is 4.79 Å². The van der Waals surface area contributed by atoms with Crippen LogP contribution in [0.25, 0.3) is 22.3 Å². The van der Waals surface area contributed by atoms with Crippen LogP contribution in [0.15, 0.2) is 51.7 Å². The third kappa shape index (κ3) is 3.33. The number of carbonyl (C=O) groups is 1. The van der Waals surface area contributed by atoms with Crippen molar-refractivity contribution in [2.45, 2.75) is 26.7 Å². The molecule has 0 spiro atoms. The van der Waals surface area contributed by atoms with Crippen LogP contribution < -0.4 is 5.43 Å². The Morgan fingerprint density at radius 3 is 2.50 bits per heavy atom. The van der Waals surface area contributed by atoms with E-state index in [0.717, 1.165) is 6.42 Å². The van der Waals surface area contributed by atoms with Gasteiger partial charge in [-0.2, -0.15) is 0 Å². The molecule has 0 aliphatic carbocycles. The van der Waals surface area contributed by atoms with E-state index in [1.165, 1.54) is 12.1 Å². The maximum absolute atomic E-state index is 12.5. The molecule has 0 aliphatic heterocycles. The summed E-state index contributed by atoms with van der Waals surface area (Å²) in [7, 11) is 0. The fourth-order valence-corrected chi connectivity index (χ4v) is 2.88. The zero-order chi connectivity index (χ0) is 18.7. The molecule has 0 fully saturated rings. The third-order valence-corrected chi connectivity index (χ3v) is 4.16. The van der Waals surface area contributed by atoms with E-state index in [2.05, 4.69) is 0 Å². The van der Waals surface area contributed by atoms with Crippen molar-refractivity contribution in [1.29, 1.82) is 0 Å². The highest BCUT2D eigenvalue weighted by atomic mass is 16.5. The Bertz CT molecular complexity index is 999. The molecule has 5 heteroatoms. The topological polar surface area (TPSA) is 76.7 Å². The first-order valence-electron chi connectivity index (χ1n) is 8.61. The molecule has 0 radical (unpaired) electrons. The van der Waals surface area contributed by atoms with Crippen LogP contribution >= 0.6 is 0 Å². The highest BCUT2D eigenvalue weighted by Crippen LogP contribution is 2.30. The second kappa shape index (κ2) is 7.44. The lowest BCUT2D eigenvalue weighted by atomic mass is 10.0. The Balaban J connectivity index is 2.09. The predicted octanol–water partition coefficient (Wildman–Crippen LogP) is 4.29. The number of aromatic hydroxyl groups is 1. The number of phenolic OH excluding ortho intramolecular Hbond substituents is 1. The standard InChI is InChI=1S/C21H20O5/c1-3-5-15-17(22)11-10-16-18(23)12-19(26-20(15)16)13-6-8-14(9-7-13)21(24)25-4-2/h6-12,22H,3-5H2,1-2H3. The Morgan fingerprint density at radius 2 is 1.85 bits per heavy atom. The molecule has 0 unspecified atom stereocenters. The average Bonchev–Trinajstić information content (AvgIpc) is 2.64. The van der Waals surface area contributed by atoms with Crippen LogP contribution in [0.3, 0.4) is 0 Å². The Morgan fingerprint density at radius 1 is 1.12 bits per heavy atom. The van der Waals surface area contributed by atoms with Gasteiger partial charge in [0.25, 0.3) is 0 Å². The minimum atomic E-state index is -0.394. The Kier molecular flexibility index (Phi) is 5.07. The number of fused-ring (bicyclic) bond motifs is 1. The van der Waals surface area contributed by atoms with Crippen LogP contribution in [0.4, 0.5) is 0 Å². The highest BCUT2D eigenvalue weighted by Gasteiger charge is 2.14. The monoisotopic (exact) mass is 352 g/mol. The van der Waals surface area contributed by atoms with Gasteiger partial charge in [-0.1, -0.05) is 25.5 Å². The van der Waals surface area contributed by atoms with Gasteiger partial charge in [0, 0.05) is 17.2 Å². The lowest BCUT2D eigenvalue weighted by Crippen LogP contribution is -2.04. The van der Waals surface area contributed by atoms with Gasteiger partial charge in [0.1, 0.15) is 17.1 Å². The molecule has 0 atom stereocenters. The highest BCUT2D eigenvalue weighted by molar-refractivity contribution is 5.90. The van der Waals surface area contributed by atoms with Gasteiger partial charge in [-0.05, 0) is 37.6 Å². The molecule has 3 rings (SSSR count). The Hall–Kier alpha value is -3.08. The average molecular weight is 352 g/mol. The lowest BCUT2D eigenvalue weighted by Gasteiger charge is -2.09. The van der Waals surface area contributed by atoms with Crippen molar-refractivity contribution in [2.75, 3.05) is 6.61 Å². The summed E-state index contributed by atoms with van der Waals surface area (Å²) < 4.78 is 10.9. The molecule has 1 aromatic heterocycles. The van der Waals surface area contributed by atoms with Gasteiger partial charge >= 0.3 is 5.97 Å². The SMILES string of the molecule is CCCc1c(O)ccc2c(=O)cc(-c3ccc(C(=O)OCC)cc3)oc12. The van der Waals surface area contributed by atoms with Gasteiger partial charge in [-0.3, -0.25) is 4.79 Å². The number of aryl methyl sites for hydroxylation is 1. The normalized spacial score (nSPS) is 10.8. The van der Waals surface area contributed by atoms with Gasteiger partial charge in [-0.15, -0.1) is 0 Å². The van der Waals surface area contributed by atoms with Gasteiger partial charge < -0.3 is 14.3 Å². The second-order valence-corrected chi connectivity index (χ2v) is 5.96. The molecule has 0 bridgehead atoms. The van der Waals surface area contributed by atoms with Crippen LogP contribution in [0.5, 0.6) is 5.75 Å². The van der Waals surface area contributed by atoms with Crippen molar-refractivity contribution in [3.8, 4) is 17.1 Å². The van der Waals surface area contributed by atoms with E-state index in [-0.39, 0.29) is 11.2 Å². The van der Waals surface area contributed by atoms with Crippen molar-refractivity contribution in [3.63, 3.8) is 0 Å². The van der Waals surface area contributed by atoms with E-state index < -0.39 is 5.97 Å². The van der Waals surface area contributed by atoms with Crippen molar-refractivity contribution in [1.82, 2.24) is 0 Å². The van der Waals surface area contributed by atoms with E-state index in [9.17, 15) is 14.7 Å². The predicted molar refractivity (Wildman–Crippen MR) is 99.5 cm³/mol. The third-order valence-electron chi connectivity index (χ3n) is 4.16. The van der Waals surface area contributed by atoms with Gasteiger partial charge in [0.2, 0.25) is 0 Å². The molecule has 26 heavy (non-hydrogen) atoms. The first kappa shape index (κ1) is 17.7. The number of ether oxygens (including phenoxy) is 1. The van der Waals surface area contributed by atoms with Crippen molar-refractivity contribution < 1.29 is 19.1 Å². The first-order valence-corrected chi connectivity index (χ1v) is 8.61. The fourth-order valence-electron chi connectivity index (χ4n) is 2.88. The van der Waals surface area contributed by atoms with Crippen molar-refractivity contribution in [2.24, 2.45) is 0 Å². The maximum Gasteiger partial charge on any atom is 0.338 e. The summed E-state index contributed by atoms with van der Waals surface area (Å²) in [6.45, 7) is 4.05. The Labute approximate surface area is 150 Å². The number of rotatable bonds is 5. The van der Waals surface area contributed by atoms with Gasteiger partial charge in [0.15, 0.2) is 5.43 Å². The number of benzene rings is 2. The minimum absolute atomic E-state index is 0.123. The summed E-state index contributed by atoms with van der Waals surface area (Å²) in [6.07, 6.45) is 1.42. The largest absolute Gasteiger partial charge is 0.508 e. The molecule has 1 heterocycles. The molecule has 0 saturated carbocycles. The van der Waals surface area contributed by atoms with Crippen LogP contribution in [-0.4, -0.2) is 17.7 Å². The van der Waals surface area contributed by atoms with E-state index in [0.29, 0.717) is 46.4 Å². The molecule has 5 nitrogen and oxygen atoms in total. The van der Waals surface area contributed by atoms with Crippen LogP contribution in [0.1, 0.15) is 36.2 Å². The minimum Gasteiger partial charge on any atom is -0.508 e. The number of esters is 1. The summed E-state index contributed by atoms with van der Waals surface area (Å²) in [5, 5.41) is 10.6. The zero-order valence-corrected chi connectivity index (χ0v) is 14.7. The summed E-state index contributed by atoms with van der Waals surface area (Å²) in [5.74, 6) is 0.118. The summed E-state index contributed by atoms with van der Waals surface area (Å²) in [6, 6.07) is 11.2. The summed E-state index contributed by atoms with van der Waals surface area (Å²) in [5.41, 5.74) is 1.97. The van der Waals surface area contributed by atoms with Crippen molar-refractivity contribution in [3.05, 3.63) is 63.8 Å². The van der Waals surface area contributed by atoms with E-state index in [4.69, 9.17) is 9.15 Å². The molecule has 1 N–H and O–H groups in total. The van der Waals surface area contributed by atoms with Crippen LogP contribution in [0, 0.1) is 0 Å².